The van der Waals surface area contributed by atoms with Crippen LogP contribution in [0, 0.1) is 27.9 Å². The minimum atomic E-state index is -1.01. The summed E-state index contributed by atoms with van der Waals surface area (Å²) in [6.07, 6.45) is 3.47. The Morgan fingerprint density at radius 2 is 1.50 bits per heavy atom. The average Bonchev–Trinajstić information content (AvgIpc) is 2.86. The summed E-state index contributed by atoms with van der Waals surface area (Å²) in [5.74, 6) is -5.37. The maximum atomic E-state index is 14.3. The van der Waals surface area contributed by atoms with Crippen LogP contribution in [-0.4, -0.2) is 173 Å². The van der Waals surface area contributed by atoms with Gasteiger partial charge in [0.05, 0.1) is 66.0 Å². The number of rotatable bonds is 31. The Bertz CT molecular complexity index is 2950. The van der Waals surface area contributed by atoms with E-state index in [-0.39, 0.29) is 71.5 Å². The first-order chi connectivity index (χ1) is 40.8. The molecule has 0 aromatic heterocycles. The van der Waals surface area contributed by atoms with E-state index in [0.717, 1.165) is 11.0 Å². The Labute approximate surface area is 502 Å². The van der Waals surface area contributed by atoms with Crippen molar-refractivity contribution >= 4 is 70.3 Å². The number of nitrogens with zero attached hydrogens (tertiary/aromatic N) is 6. The molecule has 5 rings (SSSR count). The molecule has 9 atom stereocenters. The number of hydrazone groups is 1. The molecule has 3 aromatic rings. The number of amides is 9. The normalized spacial score (nSPS) is 17.0. The highest BCUT2D eigenvalue weighted by molar-refractivity contribution is 6.13. The number of carbonyl (C=O) groups excluding carboxylic acids is 9. The zero-order valence-corrected chi connectivity index (χ0v) is 51.1. The molecule has 0 bridgehead atoms. The summed E-state index contributed by atoms with van der Waals surface area (Å²) in [6, 6.07) is 16.2. The number of imide groups is 1. The summed E-state index contributed by atoms with van der Waals surface area (Å²) < 4.78 is 11.9. The number of likely N-dealkylation sites (tertiary alicyclic amines) is 1. The van der Waals surface area contributed by atoms with Gasteiger partial charge in [0.1, 0.15) is 11.6 Å². The fourth-order valence-corrected chi connectivity index (χ4v) is 11.0. The molecule has 3 aromatic carbocycles. The molecule has 1 saturated heterocycles. The van der Waals surface area contributed by atoms with Crippen molar-refractivity contribution in [3.8, 4) is 0 Å². The lowest BCUT2D eigenvalue weighted by molar-refractivity contribution is -0.385. The lowest BCUT2D eigenvalue weighted by Crippen LogP contribution is -2.56. The van der Waals surface area contributed by atoms with Gasteiger partial charge in [-0.1, -0.05) is 89.9 Å². The Morgan fingerprint density at radius 1 is 0.849 bits per heavy atom. The number of nitro groups is 1. The number of carbonyl (C=O) groups is 9. The lowest BCUT2D eigenvalue weighted by Gasteiger charge is -2.39. The number of aliphatic hydroxyl groups is 1. The van der Waals surface area contributed by atoms with Crippen molar-refractivity contribution in [2.75, 3.05) is 53.3 Å². The lowest BCUT2D eigenvalue weighted by atomic mass is 9.90. The summed E-state index contributed by atoms with van der Waals surface area (Å²) in [6.45, 7) is 12.8. The van der Waals surface area contributed by atoms with Gasteiger partial charge in [-0.2, -0.15) is 5.10 Å². The molecule has 2 heterocycles. The second kappa shape index (κ2) is 32.3. The third kappa shape index (κ3) is 17.9. The monoisotopic (exact) mass is 1190 g/mol. The summed E-state index contributed by atoms with van der Waals surface area (Å²) in [7, 11) is 6.08. The largest absolute Gasteiger partial charge is 0.386 e. The molecular formula is C62H84N10O14. The van der Waals surface area contributed by atoms with Gasteiger partial charge < -0.3 is 45.2 Å². The number of nitrogens with one attached hydrogen (secondary N) is 4. The highest BCUT2D eigenvalue weighted by Gasteiger charge is 2.43. The number of likely N-dealkylation sites (N-methyl/N-ethyl adjacent to an activating group) is 2. The minimum Gasteiger partial charge on any atom is -0.386 e. The molecule has 0 aliphatic carbocycles. The molecule has 2 aliphatic heterocycles. The number of nitro benzene ring substituents is 1. The van der Waals surface area contributed by atoms with Crippen molar-refractivity contribution in [2.45, 2.75) is 142 Å². The molecule has 9 amide bonds. The van der Waals surface area contributed by atoms with E-state index < -0.39 is 101 Å². The molecule has 466 valence electrons. The molecule has 86 heavy (non-hydrogen) atoms. The van der Waals surface area contributed by atoms with Crippen molar-refractivity contribution in [3.63, 3.8) is 0 Å². The summed E-state index contributed by atoms with van der Waals surface area (Å²) in [5.41, 5.74) is 3.19. The predicted molar refractivity (Wildman–Crippen MR) is 321 cm³/mol. The van der Waals surface area contributed by atoms with Crippen molar-refractivity contribution in [1.82, 2.24) is 35.7 Å². The van der Waals surface area contributed by atoms with Gasteiger partial charge in [0.15, 0.2) is 0 Å². The summed E-state index contributed by atoms with van der Waals surface area (Å²) >= 11 is 0. The van der Waals surface area contributed by atoms with Gasteiger partial charge in [-0.15, -0.1) is 0 Å². The molecule has 24 heteroatoms. The van der Waals surface area contributed by atoms with Gasteiger partial charge in [0.2, 0.25) is 29.5 Å². The SMILES string of the molecule is CCC(C)C(C(CC(=O)N1CCCC1C(OC)C(C)C(=O)NC(C)C(O)c1ccccc1)OC)N(C)C(=O)CNC(=O)C(C(C)C)N(C)C(=O)c1ccc(/C(C)=N/NC(=O)c2ccc(NC(=O)CCCCCN3C(=O)C=CC3=O)cc2[N+](=O)[O-])cc1. The number of anilines is 1. The predicted octanol–water partition coefficient (Wildman–Crippen LogP) is 5.54. The second-order valence-corrected chi connectivity index (χ2v) is 22.3. The number of benzene rings is 3. The Kier molecular flexibility index (Phi) is 25.8. The zero-order valence-electron chi connectivity index (χ0n) is 51.1. The fraction of sp³-hybridized carbons (Fsp3) is 0.516. The molecule has 5 N–H and O–H groups in total. The first-order valence-electron chi connectivity index (χ1n) is 29.1. The van der Waals surface area contributed by atoms with Crippen LogP contribution >= 0.6 is 0 Å². The van der Waals surface area contributed by atoms with Gasteiger partial charge in [0, 0.05) is 77.3 Å². The first-order valence-corrected chi connectivity index (χ1v) is 29.1. The Morgan fingerprint density at radius 3 is 2.10 bits per heavy atom. The van der Waals surface area contributed by atoms with Gasteiger partial charge in [-0.3, -0.25) is 58.2 Å². The van der Waals surface area contributed by atoms with Crippen molar-refractivity contribution in [2.24, 2.45) is 22.9 Å². The molecule has 0 spiro atoms. The number of hydrogen-bond donors (Lipinski definition) is 5. The van der Waals surface area contributed by atoms with Crippen LogP contribution < -0.4 is 21.4 Å². The molecule has 0 saturated carbocycles. The quantitative estimate of drug-likeness (QED) is 0.0174. The van der Waals surface area contributed by atoms with E-state index >= 15 is 0 Å². The maximum Gasteiger partial charge on any atom is 0.284 e. The van der Waals surface area contributed by atoms with E-state index in [4.69, 9.17) is 9.47 Å². The van der Waals surface area contributed by atoms with Crippen LogP contribution in [0.5, 0.6) is 0 Å². The number of aliphatic hydroxyl groups excluding tert-OH is 1. The zero-order chi connectivity index (χ0) is 63.5. The Balaban J connectivity index is 1.14. The second-order valence-electron chi connectivity index (χ2n) is 22.3. The summed E-state index contributed by atoms with van der Waals surface area (Å²) in [5, 5.41) is 35.3. The maximum absolute atomic E-state index is 14.3. The van der Waals surface area contributed by atoms with Crippen molar-refractivity contribution in [1.29, 1.82) is 0 Å². The van der Waals surface area contributed by atoms with E-state index in [0.29, 0.717) is 56.2 Å². The fourth-order valence-electron chi connectivity index (χ4n) is 11.0. The van der Waals surface area contributed by atoms with Crippen LogP contribution in [0.4, 0.5) is 11.4 Å². The van der Waals surface area contributed by atoms with Gasteiger partial charge in [0.25, 0.3) is 29.3 Å². The van der Waals surface area contributed by atoms with Gasteiger partial charge in [-0.05, 0) is 86.8 Å². The van der Waals surface area contributed by atoms with E-state index in [1.54, 1.807) is 70.8 Å². The van der Waals surface area contributed by atoms with Crippen LogP contribution in [-0.2, 0) is 43.0 Å². The number of unbranched alkanes of at least 4 members (excludes halogenated alkanes) is 2. The van der Waals surface area contributed by atoms with E-state index in [1.165, 1.54) is 67.5 Å². The third-order valence-corrected chi connectivity index (χ3v) is 16.1. The van der Waals surface area contributed by atoms with Gasteiger partial charge >= 0.3 is 0 Å². The van der Waals surface area contributed by atoms with Gasteiger partial charge in [-0.25, -0.2) is 5.43 Å². The molecular weight excluding hydrogens is 1110 g/mol. The topological polar surface area (TPSA) is 309 Å². The minimum absolute atomic E-state index is 0.0779. The Hall–Kier alpha value is -8.22. The van der Waals surface area contributed by atoms with Crippen LogP contribution in [0.25, 0.3) is 0 Å². The standard InChI is InChI=1S/C62H84N10O14/c1-12-38(4)56(49(85-10)35-53(76)70-33-19-22-47(70)58(86-11)39(5)59(79)64-41(7)57(78)43-20-15-13-16-21-43)68(8)54(77)36-63-61(81)55(37(2)3)69(9)62(82)44-26-24-42(25-27-44)40(6)66-67-60(80)46-29-28-45(34-48(46)72(83)84)65-50(73)23-17-14-18-32-71-51(74)30-31-52(71)75/h13,15-16,20-21,24-31,34,37-39,41,47,49,55-58,78H,12,14,17-19,22-23,32-33,35-36H2,1-11H3,(H,63,81)(H,64,79)(H,65,73)(H,67,80)/b66-40+. The molecule has 24 nitrogen and oxygen atoms in total. The van der Waals surface area contributed by atoms with E-state index in [1.807, 2.05) is 32.0 Å². The van der Waals surface area contributed by atoms with Crippen molar-refractivity contribution in [3.05, 3.63) is 117 Å². The van der Waals surface area contributed by atoms with Crippen LogP contribution in [0.15, 0.2) is 90.0 Å². The number of hydrogen-bond acceptors (Lipinski definition) is 15. The average molecular weight is 1190 g/mol. The van der Waals surface area contributed by atoms with Crippen molar-refractivity contribution < 1.29 is 62.7 Å². The first kappa shape index (κ1) is 68.6. The molecule has 9 unspecified atom stereocenters. The highest BCUT2D eigenvalue weighted by Crippen LogP contribution is 2.30. The number of ether oxygens (including phenoxy) is 2. The summed E-state index contributed by atoms with van der Waals surface area (Å²) in [4.78, 5) is 136. The third-order valence-electron chi connectivity index (χ3n) is 16.1. The van der Waals surface area contributed by atoms with Crippen LogP contribution in [0.1, 0.15) is 138 Å². The van der Waals surface area contributed by atoms with E-state index in [2.05, 4.69) is 26.5 Å². The molecule has 2 aliphatic rings. The van der Waals surface area contributed by atoms with E-state index in [9.17, 15) is 58.4 Å². The highest BCUT2D eigenvalue weighted by atomic mass is 16.6. The van der Waals surface area contributed by atoms with Crippen LogP contribution in [0.3, 0.4) is 0 Å². The molecule has 1 fully saturated rings. The number of methoxy groups -OCH3 is 2. The smallest absolute Gasteiger partial charge is 0.284 e. The molecule has 0 radical (unpaired) electrons. The van der Waals surface area contributed by atoms with Crippen LogP contribution in [0.2, 0.25) is 0 Å².